The van der Waals surface area contributed by atoms with Crippen LogP contribution in [0.25, 0.3) is 0 Å². The molecule has 1 aromatic heterocycles. The number of aromatic nitrogens is 2. The van der Waals surface area contributed by atoms with Crippen LogP contribution < -0.4 is 5.32 Å². The summed E-state index contributed by atoms with van der Waals surface area (Å²) in [5.74, 6) is 1.14. The molecule has 1 unspecified atom stereocenters. The zero-order valence-corrected chi connectivity index (χ0v) is 11.4. The number of ether oxygens (including phenoxy) is 1. The fourth-order valence-corrected chi connectivity index (χ4v) is 1.41. The molecule has 15 heavy (non-hydrogen) atoms. The lowest BCUT2D eigenvalue weighted by molar-refractivity contribution is 0.171. The molecule has 1 N–H and O–H groups in total. The molecule has 0 amide bonds. The van der Waals surface area contributed by atoms with Crippen molar-refractivity contribution in [1.29, 1.82) is 0 Å². The molecule has 0 bridgehead atoms. The third-order valence-electron chi connectivity index (χ3n) is 2.09. The lowest BCUT2D eigenvalue weighted by Crippen LogP contribution is -2.31. The molecule has 1 rings (SSSR count). The first-order valence-electron chi connectivity index (χ1n) is 4.86. The highest BCUT2D eigenvalue weighted by molar-refractivity contribution is 14.1. The minimum Gasteiger partial charge on any atom is -0.383 e. The third kappa shape index (κ3) is 4.29. The van der Waals surface area contributed by atoms with Gasteiger partial charge in [0.1, 0.15) is 0 Å². The van der Waals surface area contributed by atoms with Gasteiger partial charge in [-0.05, 0) is 28.5 Å². The second-order valence-corrected chi connectivity index (χ2v) is 4.92. The second kappa shape index (κ2) is 6.22. The lowest BCUT2D eigenvalue weighted by Gasteiger charge is -2.21. The van der Waals surface area contributed by atoms with Crippen LogP contribution in [0.5, 0.6) is 0 Å². The van der Waals surface area contributed by atoms with Crippen molar-refractivity contribution in [2.75, 3.05) is 19.0 Å². The number of hydrogen-bond acceptors (Lipinski definition) is 4. The summed E-state index contributed by atoms with van der Waals surface area (Å²) in [4.78, 5) is 8.39. The summed E-state index contributed by atoms with van der Waals surface area (Å²) in [6.07, 6.45) is 3.58. The number of methoxy groups -OCH3 is 1. The van der Waals surface area contributed by atoms with E-state index in [2.05, 4.69) is 51.7 Å². The smallest absolute Gasteiger partial charge is 0.222 e. The predicted molar refractivity (Wildman–Crippen MR) is 68.9 cm³/mol. The average molecular weight is 321 g/mol. The largest absolute Gasteiger partial charge is 0.383 e. The molecule has 0 aromatic carbocycles. The van der Waals surface area contributed by atoms with Crippen molar-refractivity contribution in [1.82, 2.24) is 9.97 Å². The monoisotopic (exact) mass is 321 g/mol. The van der Waals surface area contributed by atoms with Crippen molar-refractivity contribution >= 4 is 28.5 Å². The Balaban J connectivity index is 2.61. The van der Waals surface area contributed by atoms with Crippen LogP contribution in [0.3, 0.4) is 0 Å². The zero-order chi connectivity index (χ0) is 11.3. The molecule has 5 heteroatoms. The normalized spacial score (nSPS) is 12.9. The second-order valence-electron chi connectivity index (χ2n) is 3.68. The van der Waals surface area contributed by atoms with Crippen LogP contribution in [0.1, 0.15) is 13.8 Å². The van der Waals surface area contributed by atoms with Gasteiger partial charge in [0.25, 0.3) is 0 Å². The Labute approximate surface area is 104 Å². The molecular weight excluding hydrogens is 305 g/mol. The first-order valence-corrected chi connectivity index (χ1v) is 5.94. The van der Waals surface area contributed by atoms with Gasteiger partial charge in [-0.1, -0.05) is 13.8 Å². The average Bonchev–Trinajstić information content (AvgIpc) is 2.20. The molecule has 1 aromatic rings. The summed E-state index contributed by atoms with van der Waals surface area (Å²) in [5.41, 5.74) is 0. The summed E-state index contributed by atoms with van der Waals surface area (Å²) >= 11 is 2.18. The molecule has 0 aliphatic heterocycles. The van der Waals surface area contributed by atoms with E-state index in [9.17, 15) is 0 Å². The maximum Gasteiger partial charge on any atom is 0.222 e. The Morgan fingerprint density at radius 2 is 2.00 bits per heavy atom. The van der Waals surface area contributed by atoms with Crippen LogP contribution in [-0.2, 0) is 4.74 Å². The van der Waals surface area contributed by atoms with Gasteiger partial charge in [-0.2, -0.15) is 0 Å². The van der Waals surface area contributed by atoms with Crippen molar-refractivity contribution in [3.63, 3.8) is 0 Å². The first kappa shape index (κ1) is 12.6. The Morgan fingerprint density at radius 1 is 1.40 bits per heavy atom. The maximum absolute atomic E-state index is 5.14. The molecule has 0 radical (unpaired) electrons. The van der Waals surface area contributed by atoms with E-state index in [-0.39, 0.29) is 6.04 Å². The highest BCUT2D eigenvalue weighted by atomic mass is 127. The van der Waals surface area contributed by atoms with Gasteiger partial charge in [-0.15, -0.1) is 0 Å². The van der Waals surface area contributed by atoms with Crippen molar-refractivity contribution in [3.8, 4) is 0 Å². The highest BCUT2D eigenvalue weighted by Gasteiger charge is 2.13. The minimum absolute atomic E-state index is 0.245. The highest BCUT2D eigenvalue weighted by Crippen LogP contribution is 2.09. The summed E-state index contributed by atoms with van der Waals surface area (Å²) in [6.45, 7) is 4.94. The van der Waals surface area contributed by atoms with Crippen LogP contribution in [-0.4, -0.2) is 29.7 Å². The van der Waals surface area contributed by atoms with E-state index in [1.54, 1.807) is 19.5 Å². The van der Waals surface area contributed by atoms with Crippen LogP contribution in [0.4, 0.5) is 5.95 Å². The SMILES string of the molecule is COCC(Nc1ncc(I)cn1)C(C)C. The number of hydrogen-bond donors (Lipinski definition) is 1. The molecule has 0 saturated carbocycles. The lowest BCUT2D eigenvalue weighted by atomic mass is 10.1. The van der Waals surface area contributed by atoms with Crippen LogP contribution in [0.2, 0.25) is 0 Å². The van der Waals surface area contributed by atoms with Crippen LogP contribution in [0.15, 0.2) is 12.4 Å². The van der Waals surface area contributed by atoms with Crippen LogP contribution >= 0.6 is 22.6 Å². The van der Waals surface area contributed by atoms with Gasteiger partial charge in [0, 0.05) is 23.1 Å². The third-order valence-corrected chi connectivity index (χ3v) is 2.64. The fourth-order valence-electron chi connectivity index (χ4n) is 1.13. The predicted octanol–water partition coefficient (Wildman–Crippen LogP) is 2.16. The van der Waals surface area contributed by atoms with E-state index in [1.165, 1.54) is 0 Å². The van der Waals surface area contributed by atoms with Gasteiger partial charge in [-0.25, -0.2) is 9.97 Å². The zero-order valence-electron chi connectivity index (χ0n) is 9.20. The molecule has 0 aliphatic rings. The molecule has 4 nitrogen and oxygen atoms in total. The molecule has 0 aliphatic carbocycles. The molecule has 1 heterocycles. The van der Waals surface area contributed by atoms with Crippen LogP contribution in [0, 0.1) is 9.49 Å². The number of anilines is 1. The van der Waals surface area contributed by atoms with Gasteiger partial charge < -0.3 is 10.1 Å². The van der Waals surface area contributed by atoms with Gasteiger partial charge in [-0.3, -0.25) is 0 Å². The summed E-state index contributed by atoms with van der Waals surface area (Å²) in [6, 6.07) is 0.245. The Bertz CT molecular complexity index is 289. The van der Waals surface area contributed by atoms with E-state index in [4.69, 9.17) is 4.74 Å². The molecular formula is C10H16IN3O. The van der Waals surface area contributed by atoms with E-state index in [0.717, 1.165) is 3.57 Å². The van der Waals surface area contributed by atoms with Crippen molar-refractivity contribution in [3.05, 3.63) is 16.0 Å². The molecule has 0 fully saturated rings. The van der Waals surface area contributed by atoms with Gasteiger partial charge >= 0.3 is 0 Å². The number of nitrogens with zero attached hydrogens (tertiary/aromatic N) is 2. The van der Waals surface area contributed by atoms with Gasteiger partial charge in [0.2, 0.25) is 5.95 Å². The minimum atomic E-state index is 0.245. The van der Waals surface area contributed by atoms with Crippen molar-refractivity contribution in [2.45, 2.75) is 19.9 Å². The number of nitrogens with one attached hydrogen (secondary N) is 1. The fraction of sp³-hybridized carbons (Fsp3) is 0.600. The molecule has 84 valence electrons. The maximum atomic E-state index is 5.14. The quantitative estimate of drug-likeness (QED) is 0.845. The van der Waals surface area contributed by atoms with E-state index >= 15 is 0 Å². The van der Waals surface area contributed by atoms with E-state index < -0.39 is 0 Å². The van der Waals surface area contributed by atoms with Crippen molar-refractivity contribution in [2.24, 2.45) is 5.92 Å². The number of rotatable bonds is 5. The van der Waals surface area contributed by atoms with Gasteiger partial charge in [0.05, 0.1) is 12.6 Å². The van der Waals surface area contributed by atoms with E-state index in [1.807, 2.05) is 0 Å². The summed E-state index contributed by atoms with van der Waals surface area (Å²) < 4.78 is 6.17. The molecule has 1 atom stereocenters. The van der Waals surface area contributed by atoms with E-state index in [0.29, 0.717) is 18.5 Å². The Hall–Kier alpha value is -0.430. The van der Waals surface area contributed by atoms with Gasteiger partial charge in [0.15, 0.2) is 0 Å². The summed E-state index contributed by atoms with van der Waals surface area (Å²) in [5, 5.41) is 3.26. The Morgan fingerprint density at radius 3 is 2.47 bits per heavy atom. The summed E-state index contributed by atoms with van der Waals surface area (Å²) in [7, 11) is 1.70. The standard InChI is InChI=1S/C10H16IN3O/c1-7(2)9(6-15-3)14-10-12-4-8(11)5-13-10/h4-5,7,9H,6H2,1-3H3,(H,12,13,14). The topological polar surface area (TPSA) is 47.0 Å². The first-order chi connectivity index (χ1) is 7.13. The molecule has 0 saturated heterocycles. The molecule has 0 spiro atoms. The Kier molecular flexibility index (Phi) is 5.24. The number of halogens is 1. The van der Waals surface area contributed by atoms with Crippen molar-refractivity contribution < 1.29 is 4.74 Å².